The molecule has 2 heteroatoms. The fourth-order valence-electron chi connectivity index (χ4n) is 7.35. The van der Waals surface area contributed by atoms with Crippen molar-refractivity contribution in [2.75, 3.05) is 0 Å². The molecule has 0 N–H and O–H groups in total. The zero-order valence-corrected chi connectivity index (χ0v) is 23.7. The van der Waals surface area contributed by atoms with Crippen LogP contribution in [0.1, 0.15) is 0 Å². The number of para-hydroxylation sites is 1. The average Bonchev–Trinajstić information content (AvgIpc) is 3.63. The molecule has 204 valence electrons. The molecule has 0 bridgehead atoms. The van der Waals surface area contributed by atoms with E-state index in [1.54, 1.807) is 0 Å². The molecule has 2 heterocycles. The van der Waals surface area contributed by atoms with Gasteiger partial charge in [0.25, 0.3) is 0 Å². The van der Waals surface area contributed by atoms with E-state index in [0.29, 0.717) is 0 Å². The minimum Gasteiger partial charge on any atom is -0.456 e. The van der Waals surface area contributed by atoms with Crippen LogP contribution in [-0.4, -0.2) is 0 Å². The maximum absolute atomic E-state index is 6.94. The second-order valence-corrected chi connectivity index (χ2v) is 11.6. The summed E-state index contributed by atoms with van der Waals surface area (Å²) in [4.78, 5) is 0. The highest BCUT2D eigenvalue weighted by atomic mass is 16.3. The number of hydrogen-bond donors (Lipinski definition) is 0. The Hall–Kier alpha value is -5.86. The number of furan rings is 2. The van der Waals surface area contributed by atoms with Crippen LogP contribution in [0.15, 0.2) is 154 Å². The smallest absolute Gasteiger partial charge is 0.144 e. The number of rotatable bonds is 2. The van der Waals surface area contributed by atoms with Crippen LogP contribution in [0.25, 0.3) is 98.4 Å². The molecule has 10 rings (SSSR count). The van der Waals surface area contributed by atoms with E-state index in [1.807, 2.05) is 6.07 Å². The molecule has 0 aliphatic heterocycles. The third kappa shape index (κ3) is 3.20. The van der Waals surface area contributed by atoms with Gasteiger partial charge in [0.2, 0.25) is 0 Å². The molecule has 0 atom stereocenters. The van der Waals surface area contributed by atoms with Crippen molar-refractivity contribution in [1.82, 2.24) is 0 Å². The Morgan fingerprint density at radius 1 is 0.318 bits per heavy atom. The first-order valence-electron chi connectivity index (χ1n) is 15.0. The molecule has 10 aromatic rings. The van der Waals surface area contributed by atoms with Gasteiger partial charge in [-0.15, -0.1) is 0 Å². The Balaban J connectivity index is 1.48. The van der Waals surface area contributed by atoms with Crippen LogP contribution < -0.4 is 0 Å². The number of fused-ring (bicyclic) bond motifs is 9. The highest BCUT2D eigenvalue weighted by Crippen LogP contribution is 2.51. The van der Waals surface area contributed by atoms with Crippen LogP contribution in [0.2, 0.25) is 0 Å². The van der Waals surface area contributed by atoms with Crippen molar-refractivity contribution in [3.8, 4) is 22.3 Å². The fraction of sp³-hybridized carbons (Fsp3) is 0. The van der Waals surface area contributed by atoms with Crippen LogP contribution in [-0.2, 0) is 0 Å². The van der Waals surface area contributed by atoms with Gasteiger partial charge < -0.3 is 8.83 Å². The van der Waals surface area contributed by atoms with E-state index >= 15 is 0 Å². The monoisotopic (exact) mass is 560 g/mol. The summed E-state index contributed by atoms with van der Waals surface area (Å²) in [5.74, 6) is 0. The van der Waals surface area contributed by atoms with Crippen molar-refractivity contribution >= 4 is 76.2 Å². The zero-order chi connectivity index (χ0) is 28.8. The third-order valence-corrected chi connectivity index (χ3v) is 9.21. The summed E-state index contributed by atoms with van der Waals surface area (Å²) in [5.41, 5.74) is 8.21. The topological polar surface area (TPSA) is 26.3 Å². The Morgan fingerprint density at radius 3 is 1.59 bits per heavy atom. The van der Waals surface area contributed by atoms with E-state index in [2.05, 4.69) is 140 Å². The first-order chi connectivity index (χ1) is 21.8. The van der Waals surface area contributed by atoms with Crippen LogP contribution in [0.3, 0.4) is 0 Å². The molecule has 2 aromatic heterocycles. The molecule has 0 spiro atoms. The molecule has 0 fully saturated rings. The lowest BCUT2D eigenvalue weighted by molar-refractivity contribution is 0.665. The molecule has 0 saturated heterocycles. The van der Waals surface area contributed by atoms with Crippen molar-refractivity contribution in [3.05, 3.63) is 146 Å². The van der Waals surface area contributed by atoms with Crippen molar-refractivity contribution in [2.24, 2.45) is 0 Å². The number of benzene rings is 8. The highest BCUT2D eigenvalue weighted by molar-refractivity contribution is 6.31. The Bertz CT molecular complexity index is 2700. The lowest BCUT2D eigenvalue weighted by atomic mass is 9.84. The number of hydrogen-bond acceptors (Lipinski definition) is 2. The second kappa shape index (κ2) is 8.82. The molecular formula is C42H24O2. The molecule has 2 nitrogen and oxygen atoms in total. The van der Waals surface area contributed by atoms with Crippen molar-refractivity contribution in [3.63, 3.8) is 0 Å². The summed E-state index contributed by atoms with van der Waals surface area (Å²) < 4.78 is 13.5. The Kier molecular flexibility index (Phi) is 4.75. The van der Waals surface area contributed by atoms with Crippen LogP contribution in [0, 0.1) is 0 Å². The second-order valence-electron chi connectivity index (χ2n) is 11.6. The molecule has 0 amide bonds. The van der Waals surface area contributed by atoms with Gasteiger partial charge in [-0.2, -0.15) is 0 Å². The van der Waals surface area contributed by atoms with Gasteiger partial charge >= 0.3 is 0 Å². The minimum atomic E-state index is 0.866. The molecule has 44 heavy (non-hydrogen) atoms. The third-order valence-electron chi connectivity index (χ3n) is 9.21. The molecule has 0 saturated carbocycles. The summed E-state index contributed by atoms with van der Waals surface area (Å²) in [6.45, 7) is 0. The lowest BCUT2D eigenvalue weighted by Crippen LogP contribution is -1.91. The molecule has 0 aliphatic rings. The molecule has 0 aliphatic carbocycles. The van der Waals surface area contributed by atoms with Crippen LogP contribution in [0.5, 0.6) is 0 Å². The van der Waals surface area contributed by atoms with Gasteiger partial charge in [0.05, 0.1) is 0 Å². The summed E-state index contributed by atoms with van der Waals surface area (Å²) in [6.07, 6.45) is 0. The zero-order valence-electron chi connectivity index (χ0n) is 23.7. The minimum absolute atomic E-state index is 0.866. The van der Waals surface area contributed by atoms with Gasteiger partial charge in [-0.1, -0.05) is 121 Å². The lowest BCUT2D eigenvalue weighted by Gasteiger charge is -2.18. The van der Waals surface area contributed by atoms with E-state index in [4.69, 9.17) is 8.83 Å². The van der Waals surface area contributed by atoms with E-state index in [1.165, 1.54) is 43.6 Å². The maximum atomic E-state index is 6.94. The van der Waals surface area contributed by atoms with Gasteiger partial charge in [0.15, 0.2) is 0 Å². The predicted molar refractivity (Wildman–Crippen MR) is 184 cm³/mol. The quantitative estimate of drug-likeness (QED) is 0.197. The summed E-state index contributed by atoms with van der Waals surface area (Å²) in [6, 6.07) is 51.7. The van der Waals surface area contributed by atoms with Gasteiger partial charge in [-0.05, 0) is 67.7 Å². The first kappa shape index (κ1) is 23.7. The molecule has 8 aromatic carbocycles. The fourth-order valence-corrected chi connectivity index (χ4v) is 7.35. The average molecular weight is 561 g/mol. The van der Waals surface area contributed by atoms with E-state index < -0.39 is 0 Å². The van der Waals surface area contributed by atoms with Crippen LogP contribution >= 0.6 is 0 Å². The summed E-state index contributed by atoms with van der Waals surface area (Å²) in [5, 5.41) is 11.5. The first-order valence-corrected chi connectivity index (χ1v) is 15.0. The van der Waals surface area contributed by atoms with Crippen molar-refractivity contribution < 1.29 is 8.83 Å². The van der Waals surface area contributed by atoms with E-state index in [-0.39, 0.29) is 0 Å². The molecule has 0 radical (unpaired) electrons. The maximum Gasteiger partial charge on any atom is 0.144 e. The summed E-state index contributed by atoms with van der Waals surface area (Å²) in [7, 11) is 0. The molecule has 0 unspecified atom stereocenters. The SMILES string of the molecule is c1ccc(-c2c3ccccc3c(-c3c4oc5cc6ccccc6cc5c4cc4oc5ccccc5c34)c3ccccc23)cc1. The van der Waals surface area contributed by atoms with E-state index in [9.17, 15) is 0 Å². The van der Waals surface area contributed by atoms with Crippen molar-refractivity contribution in [1.29, 1.82) is 0 Å². The Morgan fingerprint density at radius 2 is 0.886 bits per heavy atom. The highest BCUT2D eigenvalue weighted by Gasteiger charge is 2.25. The van der Waals surface area contributed by atoms with Gasteiger partial charge in [-0.25, -0.2) is 0 Å². The molecular weight excluding hydrogens is 536 g/mol. The standard InChI is InChI=1S/C42H24O2/c1-2-12-25(13-3-1)38-28-16-6-8-18-30(28)39(31-19-9-7-17-29(31)38)41-40-32-20-10-11-21-35(32)43-37(40)24-34-33-22-26-14-4-5-15-27(26)23-36(33)44-42(34)41/h1-24H. The Labute approximate surface area is 252 Å². The van der Waals surface area contributed by atoms with Gasteiger partial charge in [0, 0.05) is 32.7 Å². The predicted octanol–water partition coefficient (Wildman–Crippen LogP) is 12.3. The van der Waals surface area contributed by atoms with Crippen LogP contribution in [0.4, 0.5) is 0 Å². The van der Waals surface area contributed by atoms with E-state index in [0.717, 1.165) is 54.8 Å². The largest absolute Gasteiger partial charge is 0.456 e. The normalized spacial score (nSPS) is 12.1. The van der Waals surface area contributed by atoms with Gasteiger partial charge in [-0.3, -0.25) is 0 Å². The summed E-state index contributed by atoms with van der Waals surface area (Å²) >= 11 is 0. The van der Waals surface area contributed by atoms with Gasteiger partial charge in [0.1, 0.15) is 22.3 Å². The van der Waals surface area contributed by atoms with Crippen molar-refractivity contribution in [2.45, 2.75) is 0 Å².